The zero-order valence-corrected chi connectivity index (χ0v) is 10.3. The van der Waals surface area contributed by atoms with Gasteiger partial charge in [-0.05, 0) is 18.9 Å². The minimum atomic E-state index is -0.773. The third-order valence-corrected chi connectivity index (χ3v) is 2.12. The van der Waals surface area contributed by atoms with Gasteiger partial charge in [0.2, 0.25) is 5.89 Å². The SMILES string of the molecule is CC(C)Cc1nc(CNCCCC(=O)O)no1. The van der Waals surface area contributed by atoms with Crippen molar-refractivity contribution in [3.05, 3.63) is 11.7 Å². The van der Waals surface area contributed by atoms with Crippen molar-refractivity contribution in [1.29, 1.82) is 0 Å². The quantitative estimate of drug-likeness (QED) is 0.665. The van der Waals surface area contributed by atoms with Crippen LogP contribution < -0.4 is 5.32 Å². The maximum Gasteiger partial charge on any atom is 0.303 e. The van der Waals surface area contributed by atoms with Crippen LogP contribution in [-0.2, 0) is 17.8 Å². The Hall–Kier alpha value is -1.43. The molecule has 0 amide bonds. The van der Waals surface area contributed by atoms with E-state index in [9.17, 15) is 4.79 Å². The number of nitrogens with zero attached hydrogens (tertiary/aromatic N) is 2. The third-order valence-electron chi connectivity index (χ3n) is 2.12. The molecule has 0 saturated carbocycles. The second-order valence-electron chi connectivity index (χ2n) is 4.38. The number of rotatable bonds is 8. The number of carbonyl (C=O) groups is 1. The van der Waals surface area contributed by atoms with Crippen molar-refractivity contribution in [2.75, 3.05) is 6.54 Å². The first kappa shape index (κ1) is 13.6. The molecule has 96 valence electrons. The summed E-state index contributed by atoms with van der Waals surface area (Å²) in [4.78, 5) is 14.5. The van der Waals surface area contributed by atoms with Crippen LogP contribution in [0.5, 0.6) is 0 Å². The predicted molar refractivity (Wildman–Crippen MR) is 61.4 cm³/mol. The summed E-state index contributed by atoms with van der Waals surface area (Å²) in [5, 5.41) is 15.4. The second-order valence-corrected chi connectivity index (χ2v) is 4.38. The highest BCUT2D eigenvalue weighted by atomic mass is 16.5. The number of aromatic nitrogens is 2. The number of carboxylic acids is 1. The van der Waals surface area contributed by atoms with Crippen LogP contribution in [0.4, 0.5) is 0 Å². The summed E-state index contributed by atoms with van der Waals surface area (Å²) in [6.07, 6.45) is 1.57. The molecular formula is C11H19N3O3. The lowest BCUT2D eigenvalue weighted by atomic mass is 10.1. The molecule has 1 aromatic heterocycles. The van der Waals surface area contributed by atoms with Crippen molar-refractivity contribution in [2.24, 2.45) is 5.92 Å². The molecule has 0 radical (unpaired) electrons. The van der Waals surface area contributed by atoms with Gasteiger partial charge >= 0.3 is 5.97 Å². The van der Waals surface area contributed by atoms with Crippen LogP contribution in [0.1, 0.15) is 38.4 Å². The zero-order valence-electron chi connectivity index (χ0n) is 10.3. The van der Waals surface area contributed by atoms with Crippen LogP contribution in [-0.4, -0.2) is 27.8 Å². The van der Waals surface area contributed by atoms with Gasteiger partial charge in [0.05, 0.1) is 6.54 Å². The van der Waals surface area contributed by atoms with Gasteiger partial charge in [-0.3, -0.25) is 4.79 Å². The van der Waals surface area contributed by atoms with E-state index in [0.29, 0.717) is 37.1 Å². The summed E-state index contributed by atoms with van der Waals surface area (Å²) in [7, 11) is 0. The predicted octanol–water partition coefficient (Wildman–Crippen LogP) is 1.22. The number of hydrogen-bond acceptors (Lipinski definition) is 5. The second kappa shape index (κ2) is 7.01. The van der Waals surface area contributed by atoms with Crippen molar-refractivity contribution >= 4 is 5.97 Å². The Balaban J connectivity index is 2.18. The van der Waals surface area contributed by atoms with E-state index < -0.39 is 5.97 Å². The highest BCUT2D eigenvalue weighted by Crippen LogP contribution is 2.05. The Bertz CT molecular complexity index is 349. The smallest absolute Gasteiger partial charge is 0.303 e. The lowest BCUT2D eigenvalue weighted by Gasteiger charge is -1.99. The van der Waals surface area contributed by atoms with Gasteiger partial charge in [0.25, 0.3) is 0 Å². The summed E-state index contributed by atoms with van der Waals surface area (Å²) in [5.41, 5.74) is 0. The van der Waals surface area contributed by atoms with E-state index >= 15 is 0 Å². The molecule has 1 aromatic rings. The average molecular weight is 241 g/mol. The molecule has 0 aliphatic rings. The highest BCUT2D eigenvalue weighted by molar-refractivity contribution is 5.66. The van der Waals surface area contributed by atoms with Crippen molar-refractivity contribution in [1.82, 2.24) is 15.5 Å². The minimum Gasteiger partial charge on any atom is -0.481 e. The Morgan fingerprint density at radius 3 is 2.94 bits per heavy atom. The van der Waals surface area contributed by atoms with Crippen molar-refractivity contribution in [3.8, 4) is 0 Å². The summed E-state index contributed by atoms with van der Waals surface area (Å²) >= 11 is 0. The molecule has 0 aliphatic heterocycles. The van der Waals surface area contributed by atoms with Crippen LogP contribution in [0.2, 0.25) is 0 Å². The van der Waals surface area contributed by atoms with Crippen molar-refractivity contribution in [2.45, 2.75) is 39.7 Å². The molecule has 1 heterocycles. The standard InChI is InChI=1S/C11H19N3O3/c1-8(2)6-10-13-9(14-17-10)7-12-5-3-4-11(15)16/h8,12H,3-7H2,1-2H3,(H,15,16). The van der Waals surface area contributed by atoms with Crippen LogP contribution >= 0.6 is 0 Å². The van der Waals surface area contributed by atoms with Gasteiger partial charge < -0.3 is 14.9 Å². The highest BCUT2D eigenvalue weighted by Gasteiger charge is 2.07. The number of hydrogen-bond donors (Lipinski definition) is 2. The molecule has 0 spiro atoms. The first-order valence-corrected chi connectivity index (χ1v) is 5.82. The lowest BCUT2D eigenvalue weighted by molar-refractivity contribution is -0.137. The molecule has 0 fully saturated rings. The van der Waals surface area contributed by atoms with E-state index in [0.717, 1.165) is 6.42 Å². The molecule has 0 bridgehead atoms. The molecule has 0 aromatic carbocycles. The maximum absolute atomic E-state index is 10.3. The third kappa shape index (κ3) is 6.01. The Kier molecular flexibility index (Phi) is 5.62. The van der Waals surface area contributed by atoms with Crippen LogP contribution in [0, 0.1) is 5.92 Å². The fourth-order valence-corrected chi connectivity index (χ4v) is 1.36. The van der Waals surface area contributed by atoms with Gasteiger partial charge in [-0.2, -0.15) is 4.98 Å². The van der Waals surface area contributed by atoms with Crippen LogP contribution in [0.3, 0.4) is 0 Å². The van der Waals surface area contributed by atoms with Gasteiger partial charge in [-0.25, -0.2) is 0 Å². The molecule has 6 nitrogen and oxygen atoms in total. The largest absolute Gasteiger partial charge is 0.481 e. The molecule has 0 saturated heterocycles. The summed E-state index contributed by atoms with van der Waals surface area (Å²) in [6.45, 7) is 5.34. The van der Waals surface area contributed by atoms with Crippen LogP contribution in [0.15, 0.2) is 4.52 Å². The fraction of sp³-hybridized carbons (Fsp3) is 0.727. The summed E-state index contributed by atoms with van der Waals surface area (Å²) < 4.78 is 5.08. The monoisotopic (exact) mass is 241 g/mol. The number of aliphatic carboxylic acids is 1. The molecule has 2 N–H and O–H groups in total. The fourth-order valence-electron chi connectivity index (χ4n) is 1.36. The molecule has 1 rings (SSSR count). The van der Waals surface area contributed by atoms with Crippen LogP contribution in [0.25, 0.3) is 0 Å². The number of nitrogens with one attached hydrogen (secondary N) is 1. The van der Waals surface area contributed by atoms with E-state index in [1.54, 1.807) is 0 Å². The molecule has 17 heavy (non-hydrogen) atoms. The topological polar surface area (TPSA) is 88.2 Å². The Morgan fingerprint density at radius 1 is 1.53 bits per heavy atom. The van der Waals surface area contributed by atoms with Gasteiger partial charge in [-0.15, -0.1) is 0 Å². The molecule has 0 aliphatic carbocycles. The average Bonchev–Trinajstić information content (AvgIpc) is 2.63. The van der Waals surface area contributed by atoms with E-state index in [1.165, 1.54) is 0 Å². The summed E-state index contributed by atoms with van der Waals surface area (Å²) in [5.74, 6) is 0.996. The Morgan fingerprint density at radius 2 is 2.29 bits per heavy atom. The first-order chi connectivity index (χ1) is 8.08. The van der Waals surface area contributed by atoms with Gasteiger partial charge in [0.15, 0.2) is 5.82 Å². The zero-order chi connectivity index (χ0) is 12.7. The minimum absolute atomic E-state index is 0.178. The van der Waals surface area contributed by atoms with Crippen molar-refractivity contribution in [3.63, 3.8) is 0 Å². The van der Waals surface area contributed by atoms with E-state index in [2.05, 4.69) is 29.3 Å². The summed E-state index contributed by atoms with van der Waals surface area (Å²) in [6, 6.07) is 0. The van der Waals surface area contributed by atoms with E-state index in [-0.39, 0.29) is 6.42 Å². The maximum atomic E-state index is 10.3. The molecule has 6 heteroatoms. The molecule has 0 unspecified atom stereocenters. The molecular weight excluding hydrogens is 222 g/mol. The molecule has 0 atom stereocenters. The van der Waals surface area contributed by atoms with E-state index in [4.69, 9.17) is 9.63 Å². The Labute approximate surface area is 100 Å². The lowest BCUT2D eigenvalue weighted by Crippen LogP contribution is -2.16. The van der Waals surface area contributed by atoms with Gasteiger partial charge in [-0.1, -0.05) is 19.0 Å². The number of carboxylic acid groups (broad SMARTS) is 1. The normalized spacial score (nSPS) is 11.0. The van der Waals surface area contributed by atoms with Gasteiger partial charge in [0, 0.05) is 12.8 Å². The first-order valence-electron chi connectivity index (χ1n) is 5.82. The van der Waals surface area contributed by atoms with Gasteiger partial charge in [0.1, 0.15) is 0 Å². The van der Waals surface area contributed by atoms with Crippen molar-refractivity contribution < 1.29 is 14.4 Å². The van der Waals surface area contributed by atoms with E-state index in [1.807, 2.05) is 0 Å².